The van der Waals surface area contributed by atoms with E-state index in [1.165, 1.54) is 13.4 Å². The average Bonchev–Trinajstić information content (AvgIpc) is 2.67. The molecule has 0 bridgehead atoms. The van der Waals surface area contributed by atoms with Crippen LogP contribution in [0, 0.1) is 0 Å². The van der Waals surface area contributed by atoms with E-state index in [9.17, 15) is 13.2 Å². The number of hydrogen-bond donors (Lipinski definition) is 0. The fourth-order valence-electron chi connectivity index (χ4n) is 1.08. The Bertz CT molecular complexity index is 436. The van der Waals surface area contributed by atoms with E-state index in [4.69, 9.17) is 4.42 Å². The predicted molar refractivity (Wildman–Crippen MR) is 56.0 cm³/mol. The van der Waals surface area contributed by atoms with Crippen molar-refractivity contribution in [1.29, 1.82) is 0 Å². The van der Waals surface area contributed by atoms with E-state index >= 15 is 0 Å². The molecule has 0 fully saturated rings. The lowest BCUT2D eigenvalue weighted by atomic mass is 10.4. The Balaban J connectivity index is 2.77. The lowest BCUT2D eigenvalue weighted by Crippen LogP contribution is -2.34. The van der Waals surface area contributed by atoms with Gasteiger partial charge in [-0.2, -0.15) is 4.31 Å². The van der Waals surface area contributed by atoms with Crippen LogP contribution in [0.25, 0.3) is 0 Å². The van der Waals surface area contributed by atoms with Gasteiger partial charge in [0.25, 0.3) is 0 Å². The first-order valence-corrected chi connectivity index (χ1v) is 6.32. The van der Waals surface area contributed by atoms with Crippen molar-refractivity contribution in [3.8, 4) is 0 Å². The van der Waals surface area contributed by atoms with Gasteiger partial charge in [0.2, 0.25) is 10.0 Å². The van der Waals surface area contributed by atoms with Gasteiger partial charge in [0.1, 0.15) is 12.3 Å². The Hall–Kier alpha value is -1.34. The molecule has 0 N–H and O–H groups in total. The first-order valence-electron chi connectivity index (χ1n) is 4.48. The van der Waals surface area contributed by atoms with Crippen molar-refractivity contribution in [2.75, 3.05) is 19.9 Å². The predicted octanol–water partition coefficient (Wildman–Crippen LogP) is 0.214. The van der Waals surface area contributed by atoms with Crippen LogP contribution in [0.4, 0.5) is 0 Å². The minimum Gasteiger partial charge on any atom is -0.468 e. The van der Waals surface area contributed by atoms with Crippen molar-refractivity contribution in [3.05, 3.63) is 24.2 Å². The second-order valence-electron chi connectivity index (χ2n) is 3.19. The summed E-state index contributed by atoms with van der Waals surface area (Å²) in [5, 5.41) is 0. The smallest absolute Gasteiger partial charge is 0.321 e. The summed E-state index contributed by atoms with van der Waals surface area (Å²) in [6, 6.07) is 3.28. The molecule has 0 saturated heterocycles. The van der Waals surface area contributed by atoms with Crippen LogP contribution in [-0.4, -0.2) is 38.6 Å². The number of sulfonamides is 1. The van der Waals surface area contributed by atoms with Gasteiger partial charge >= 0.3 is 5.97 Å². The quantitative estimate of drug-likeness (QED) is 0.695. The van der Waals surface area contributed by atoms with E-state index in [2.05, 4.69) is 4.74 Å². The average molecular weight is 247 g/mol. The zero-order valence-corrected chi connectivity index (χ0v) is 9.86. The van der Waals surface area contributed by atoms with Crippen LogP contribution in [0.2, 0.25) is 0 Å². The van der Waals surface area contributed by atoms with Crippen molar-refractivity contribution in [1.82, 2.24) is 4.31 Å². The highest BCUT2D eigenvalue weighted by molar-refractivity contribution is 7.88. The van der Waals surface area contributed by atoms with Gasteiger partial charge in [-0.25, -0.2) is 8.42 Å². The maximum absolute atomic E-state index is 11.4. The van der Waals surface area contributed by atoms with E-state index in [1.807, 2.05) is 0 Å². The lowest BCUT2D eigenvalue weighted by molar-refractivity contribution is -0.140. The molecular weight excluding hydrogens is 234 g/mol. The summed E-state index contributed by atoms with van der Waals surface area (Å²) in [6.45, 7) is -0.309. The third kappa shape index (κ3) is 3.67. The highest BCUT2D eigenvalue weighted by atomic mass is 32.2. The van der Waals surface area contributed by atoms with Crippen LogP contribution in [0.3, 0.4) is 0 Å². The number of hydrogen-bond acceptors (Lipinski definition) is 5. The van der Waals surface area contributed by atoms with Crippen LogP contribution in [0.5, 0.6) is 0 Å². The summed E-state index contributed by atoms with van der Waals surface area (Å²) in [7, 11) is -2.27. The third-order valence-corrected chi connectivity index (χ3v) is 3.11. The monoisotopic (exact) mass is 247 g/mol. The normalized spacial score (nSPS) is 11.7. The molecule has 0 unspecified atom stereocenters. The number of furan rings is 1. The molecule has 0 aromatic carbocycles. The number of esters is 1. The molecular formula is C9H13NO5S. The van der Waals surface area contributed by atoms with Crippen LogP contribution >= 0.6 is 0 Å². The molecule has 0 amide bonds. The first kappa shape index (κ1) is 12.7. The highest BCUT2D eigenvalue weighted by Gasteiger charge is 2.21. The van der Waals surface area contributed by atoms with Gasteiger partial charge in [0.15, 0.2) is 0 Å². The van der Waals surface area contributed by atoms with Gasteiger partial charge in [-0.15, -0.1) is 0 Å². The van der Waals surface area contributed by atoms with E-state index in [0.29, 0.717) is 5.76 Å². The maximum Gasteiger partial charge on any atom is 0.321 e. The molecule has 0 saturated carbocycles. The van der Waals surface area contributed by atoms with E-state index in [-0.39, 0.29) is 13.1 Å². The van der Waals surface area contributed by atoms with Gasteiger partial charge in [0, 0.05) is 0 Å². The van der Waals surface area contributed by atoms with Gasteiger partial charge < -0.3 is 9.15 Å². The third-order valence-electron chi connectivity index (χ3n) is 1.91. The Kier molecular flexibility index (Phi) is 4.08. The zero-order valence-electron chi connectivity index (χ0n) is 9.04. The van der Waals surface area contributed by atoms with Crippen molar-refractivity contribution in [2.45, 2.75) is 6.54 Å². The zero-order chi connectivity index (χ0) is 12.2. The number of nitrogens with zero attached hydrogens (tertiary/aromatic N) is 1. The Morgan fingerprint density at radius 2 is 2.25 bits per heavy atom. The fourth-order valence-corrected chi connectivity index (χ4v) is 1.78. The minimum absolute atomic E-state index is 0.0148. The molecule has 0 atom stereocenters. The molecule has 0 aliphatic carbocycles. The maximum atomic E-state index is 11.4. The second kappa shape index (κ2) is 5.13. The summed E-state index contributed by atoms with van der Waals surface area (Å²) in [4.78, 5) is 11.0. The van der Waals surface area contributed by atoms with Crippen LogP contribution in [0.15, 0.2) is 22.8 Å². The molecule has 1 aromatic rings. The summed E-state index contributed by atoms with van der Waals surface area (Å²) >= 11 is 0. The SMILES string of the molecule is COC(=O)CN(Cc1ccco1)S(C)(=O)=O. The Labute approximate surface area is 93.8 Å². The van der Waals surface area contributed by atoms with Crippen molar-refractivity contribution < 1.29 is 22.4 Å². The number of methoxy groups -OCH3 is 1. The number of ether oxygens (including phenoxy) is 1. The Morgan fingerprint density at radius 3 is 2.69 bits per heavy atom. The van der Waals surface area contributed by atoms with Crippen LogP contribution in [0.1, 0.15) is 5.76 Å². The minimum atomic E-state index is -3.47. The summed E-state index contributed by atoms with van der Waals surface area (Å²) in [5.74, 6) is -0.147. The largest absolute Gasteiger partial charge is 0.468 e. The van der Waals surface area contributed by atoms with Gasteiger partial charge in [-0.1, -0.05) is 0 Å². The molecule has 0 aliphatic rings. The van der Waals surface area contributed by atoms with Gasteiger partial charge in [-0.3, -0.25) is 4.79 Å². The van der Waals surface area contributed by atoms with Crippen molar-refractivity contribution in [2.24, 2.45) is 0 Å². The van der Waals surface area contributed by atoms with Crippen molar-refractivity contribution in [3.63, 3.8) is 0 Å². The number of carbonyl (C=O) groups is 1. The van der Waals surface area contributed by atoms with E-state index in [0.717, 1.165) is 10.6 Å². The molecule has 1 heterocycles. The second-order valence-corrected chi connectivity index (χ2v) is 5.17. The molecule has 7 heteroatoms. The molecule has 6 nitrogen and oxygen atoms in total. The number of carbonyl (C=O) groups excluding carboxylic acids is 1. The molecule has 0 spiro atoms. The molecule has 1 aromatic heterocycles. The Morgan fingerprint density at radius 1 is 1.56 bits per heavy atom. The van der Waals surface area contributed by atoms with E-state index < -0.39 is 16.0 Å². The molecule has 16 heavy (non-hydrogen) atoms. The lowest BCUT2D eigenvalue weighted by Gasteiger charge is -2.16. The molecule has 0 aliphatic heterocycles. The molecule has 1 rings (SSSR count). The summed E-state index contributed by atoms with van der Waals surface area (Å²) < 4.78 is 33.2. The number of rotatable bonds is 5. The molecule has 90 valence electrons. The fraction of sp³-hybridized carbons (Fsp3) is 0.444. The van der Waals surface area contributed by atoms with Crippen LogP contribution in [-0.2, 0) is 26.1 Å². The topological polar surface area (TPSA) is 76.8 Å². The van der Waals surface area contributed by atoms with Gasteiger partial charge in [0.05, 0.1) is 26.2 Å². The van der Waals surface area contributed by atoms with Crippen LogP contribution < -0.4 is 0 Å². The summed E-state index contributed by atoms with van der Waals surface area (Å²) in [6.07, 6.45) is 2.47. The van der Waals surface area contributed by atoms with E-state index in [1.54, 1.807) is 12.1 Å². The standard InChI is InChI=1S/C9H13NO5S/c1-14-9(11)7-10(16(2,12)13)6-8-4-3-5-15-8/h3-5H,6-7H2,1-2H3. The molecule has 0 radical (unpaired) electrons. The first-order chi connectivity index (χ1) is 7.43. The van der Waals surface area contributed by atoms with Crippen molar-refractivity contribution >= 4 is 16.0 Å². The summed E-state index contributed by atoms with van der Waals surface area (Å²) in [5.41, 5.74) is 0. The highest BCUT2D eigenvalue weighted by Crippen LogP contribution is 2.08. The van der Waals surface area contributed by atoms with Gasteiger partial charge in [-0.05, 0) is 12.1 Å².